The van der Waals surface area contributed by atoms with Gasteiger partial charge in [-0.2, -0.15) is 13.2 Å². The molecule has 6 heteroatoms. The quantitative estimate of drug-likeness (QED) is 0.355. The van der Waals surface area contributed by atoms with Gasteiger partial charge in [0, 0.05) is 0 Å². The molecule has 32 heavy (non-hydrogen) atoms. The lowest BCUT2D eigenvalue weighted by atomic mass is 9.87. The van der Waals surface area contributed by atoms with Gasteiger partial charge >= 0.3 is 6.18 Å². The molecule has 0 bridgehead atoms. The molecule has 0 fully saturated rings. The number of benzene rings is 3. The molecule has 0 radical (unpaired) electrons. The molecular weight excluding hydrogens is 420 g/mol. The number of para-hydroxylation sites is 1. The maximum absolute atomic E-state index is 14.1. The molecule has 0 aromatic heterocycles. The van der Waals surface area contributed by atoms with Crippen molar-refractivity contribution < 1.29 is 27.0 Å². The van der Waals surface area contributed by atoms with Crippen molar-refractivity contribution in [2.75, 3.05) is 6.61 Å². The Morgan fingerprint density at radius 3 is 2.34 bits per heavy atom. The van der Waals surface area contributed by atoms with Crippen LogP contribution < -0.4 is 4.74 Å². The highest BCUT2D eigenvalue weighted by atomic mass is 19.4. The molecule has 1 aliphatic carbocycles. The molecule has 0 saturated carbocycles. The number of hydrogen-bond acceptors (Lipinski definition) is 2. The smallest absolute Gasteiger partial charge is 0.397 e. The van der Waals surface area contributed by atoms with Crippen LogP contribution in [0.4, 0.5) is 17.6 Å². The van der Waals surface area contributed by atoms with Crippen LogP contribution in [0.15, 0.2) is 66.7 Å². The fraction of sp³-hybridized carbons (Fsp3) is 0.308. The first-order valence-electron chi connectivity index (χ1n) is 10.7. The molecular formula is C26H24F4O2. The van der Waals surface area contributed by atoms with Gasteiger partial charge in [-0.05, 0) is 72.2 Å². The first-order valence-corrected chi connectivity index (χ1v) is 10.7. The summed E-state index contributed by atoms with van der Waals surface area (Å²) in [6.45, 7) is -0.586. The molecule has 1 aliphatic rings. The molecule has 2 nitrogen and oxygen atoms in total. The topological polar surface area (TPSA) is 18.5 Å². The van der Waals surface area contributed by atoms with Crippen LogP contribution in [0.3, 0.4) is 0 Å². The van der Waals surface area contributed by atoms with E-state index in [-0.39, 0.29) is 17.9 Å². The monoisotopic (exact) mass is 444 g/mol. The predicted molar refractivity (Wildman–Crippen MR) is 114 cm³/mol. The van der Waals surface area contributed by atoms with Gasteiger partial charge in [-0.1, -0.05) is 42.5 Å². The third-order valence-corrected chi connectivity index (χ3v) is 5.69. The molecule has 0 amide bonds. The van der Waals surface area contributed by atoms with Crippen LogP contribution in [-0.4, -0.2) is 12.8 Å². The van der Waals surface area contributed by atoms with Crippen molar-refractivity contribution in [1.29, 1.82) is 0 Å². The Labute approximate surface area is 184 Å². The number of rotatable bonds is 7. The van der Waals surface area contributed by atoms with E-state index in [1.807, 2.05) is 12.1 Å². The van der Waals surface area contributed by atoms with Gasteiger partial charge < -0.3 is 9.47 Å². The van der Waals surface area contributed by atoms with Gasteiger partial charge in [-0.15, -0.1) is 0 Å². The molecule has 1 unspecified atom stereocenters. The third kappa shape index (κ3) is 5.49. The van der Waals surface area contributed by atoms with E-state index in [9.17, 15) is 17.6 Å². The maximum atomic E-state index is 14.1. The summed E-state index contributed by atoms with van der Waals surface area (Å²) < 4.78 is 66.4. The Balaban J connectivity index is 1.44. The summed E-state index contributed by atoms with van der Waals surface area (Å²) in [6, 6.07) is 17.9. The second kappa shape index (κ2) is 9.74. The Morgan fingerprint density at radius 2 is 1.59 bits per heavy atom. The predicted octanol–water partition coefficient (Wildman–Crippen LogP) is 7.36. The summed E-state index contributed by atoms with van der Waals surface area (Å²) in [4.78, 5) is 0. The average Bonchev–Trinajstić information content (AvgIpc) is 2.78. The largest absolute Gasteiger partial charge is 0.454 e. The lowest BCUT2D eigenvalue weighted by molar-refractivity contribution is -0.163. The van der Waals surface area contributed by atoms with Crippen molar-refractivity contribution in [2.45, 2.75) is 44.4 Å². The standard InChI is InChI=1S/C26H24F4O2/c27-24-13-10-18(14-25(24)32-22-8-2-1-3-9-22)16-31-17-23(26(28,29)30)21-12-11-19-6-4-5-7-20(19)15-21/h1-3,8-15,23H,4-7,16-17H2. The van der Waals surface area contributed by atoms with E-state index in [2.05, 4.69) is 0 Å². The van der Waals surface area contributed by atoms with Crippen LogP contribution >= 0.6 is 0 Å². The first-order chi connectivity index (χ1) is 15.4. The Kier molecular flexibility index (Phi) is 6.80. The maximum Gasteiger partial charge on any atom is 0.397 e. The van der Waals surface area contributed by atoms with Gasteiger partial charge in [-0.3, -0.25) is 0 Å². The van der Waals surface area contributed by atoms with E-state index >= 15 is 0 Å². The molecule has 168 valence electrons. The highest BCUT2D eigenvalue weighted by molar-refractivity contribution is 5.37. The van der Waals surface area contributed by atoms with Crippen molar-refractivity contribution in [3.63, 3.8) is 0 Å². The lowest BCUT2D eigenvalue weighted by Crippen LogP contribution is -2.26. The zero-order chi connectivity index (χ0) is 22.6. The second-order valence-corrected chi connectivity index (χ2v) is 8.02. The summed E-state index contributed by atoms with van der Waals surface area (Å²) in [5, 5.41) is 0. The summed E-state index contributed by atoms with van der Waals surface area (Å²) >= 11 is 0. The fourth-order valence-electron chi connectivity index (χ4n) is 3.98. The highest BCUT2D eigenvalue weighted by Gasteiger charge is 2.41. The van der Waals surface area contributed by atoms with Gasteiger partial charge in [-0.25, -0.2) is 4.39 Å². The van der Waals surface area contributed by atoms with Crippen molar-refractivity contribution in [3.8, 4) is 11.5 Å². The van der Waals surface area contributed by atoms with E-state index < -0.39 is 24.5 Å². The fourth-order valence-corrected chi connectivity index (χ4v) is 3.98. The average molecular weight is 444 g/mol. The second-order valence-electron chi connectivity index (χ2n) is 8.02. The van der Waals surface area contributed by atoms with Crippen LogP contribution in [0.25, 0.3) is 0 Å². The highest BCUT2D eigenvalue weighted by Crippen LogP contribution is 2.37. The Bertz CT molecular complexity index is 1050. The van der Waals surface area contributed by atoms with Crippen LogP contribution in [0, 0.1) is 5.82 Å². The van der Waals surface area contributed by atoms with Gasteiger partial charge in [0.15, 0.2) is 11.6 Å². The normalized spacial score (nSPS) is 14.6. The molecule has 0 N–H and O–H groups in total. The Morgan fingerprint density at radius 1 is 0.844 bits per heavy atom. The number of fused-ring (bicyclic) bond motifs is 1. The number of alkyl halides is 3. The summed E-state index contributed by atoms with van der Waals surface area (Å²) in [5.74, 6) is -1.80. The van der Waals surface area contributed by atoms with E-state index in [1.54, 1.807) is 36.4 Å². The number of ether oxygens (including phenoxy) is 2. The molecule has 0 saturated heterocycles. The van der Waals surface area contributed by atoms with Crippen LogP contribution in [-0.2, 0) is 24.2 Å². The molecule has 0 aliphatic heterocycles. The first kappa shape index (κ1) is 22.3. The van der Waals surface area contributed by atoms with Gasteiger partial charge in [0.25, 0.3) is 0 Å². The zero-order valence-corrected chi connectivity index (χ0v) is 17.5. The summed E-state index contributed by atoms with van der Waals surface area (Å²) in [6.07, 6.45) is -0.615. The van der Waals surface area contributed by atoms with Crippen molar-refractivity contribution >= 4 is 0 Å². The van der Waals surface area contributed by atoms with Crippen molar-refractivity contribution in [2.24, 2.45) is 0 Å². The van der Waals surface area contributed by atoms with Gasteiger partial charge in [0.1, 0.15) is 11.7 Å². The molecule has 0 spiro atoms. The van der Waals surface area contributed by atoms with Gasteiger partial charge in [0.05, 0.1) is 13.2 Å². The van der Waals surface area contributed by atoms with Crippen molar-refractivity contribution in [1.82, 2.24) is 0 Å². The summed E-state index contributed by atoms with van der Waals surface area (Å²) in [7, 11) is 0. The van der Waals surface area contributed by atoms with E-state index in [0.29, 0.717) is 11.3 Å². The van der Waals surface area contributed by atoms with E-state index in [4.69, 9.17) is 9.47 Å². The SMILES string of the molecule is Fc1ccc(COCC(c2ccc3c(c2)CCCC3)C(F)(F)F)cc1Oc1ccccc1. The molecule has 3 aromatic rings. The van der Waals surface area contributed by atoms with Crippen molar-refractivity contribution in [3.05, 3.63) is 94.8 Å². The summed E-state index contributed by atoms with van der Waals surface area (Å²) in [5.41, 5.74) is 2.90. The van der Waals surface area contributed by atoms with Gasteiger partial charge in [0.2, 0.25) is 0 Å². The Hall–Kier alpha value is -2.86. The van der Waals surface area contributed by atoms with E-state index in [1.165, 1.54) is 18.2 Å². The molecule has 1 atom stereocenters. The van der Waals surface area contributed by atoms with E-state index in [0.717, 1.165) is 36.8 Å². The van der Waals surface area contributed by atoms with Crippen LogP contribution in [0.1, 0.15) is 41.0 Å². The number of hydrogen-bond donors (Lipinski definition) is 0. The zero-order valence-electron chi connectivity index (χ0n) is 17.5. The third-order valence-electron chi connectivity index (χ3n) is 5.69. The molecule has 0 heterocycles. The molecule has 4 rings (SSSR count). The number of aryl methyl sites for hydroxylation is 2. The number of halogens is 4. The van der Waals surface area contributed by atoms with Crippen LogP contribution in [0.5, 0.6) is 11.5 Å². The minimum Gasteiger partial charge on any atom is -0.454 e. The minimum atomic E-state index is -4.42. The lowest BCUT2D eigenvalue weighted by Gasteiger charge is -2.23. The minimum absolute atomic E-state index is 0.000594. The molecule has 3 aromatic carbocycles. The van der Waals surface area contributed by atoms with Crippen LogP contribution in [0.2, 0.25) is 0 Å².